The van der Waals surface area contributed by atoms with Gasteiger partial charge in [-0.3, -0.25) is 14.9 Å². The zero-order valence-electron chi connectivity index (χ0n) is 16.8. The van der Waals surface area contributed by atoms with E-state index in [1.165, 1.54) is 22.7 Å². The molecule has 2 aromatic carbocycles. The van der Waals surface area contributed by atoms with Gasteiger partial charge in [0, 0.05) is 39.7 Å². The maximum atomic E-state index is 12.8. The predicted octanol–water partition coefficient (Wildman–Crippen LogP) is 6.14. The molecule has 1 fully saturated rings. The van der Waals surface area contributed by atoms with E-state index in [0.717, 1.165) is 21.3 Å². The van der Waals surface area contributed by atoms with Gasteiger partial charge in [0.1, 0.15) is 9.88 Å². The minimum absolute atomic E-state index is 0.00719. The van der Waals surface area contributed by atoms with E-state index >= 15 is 0 Å². The van der Waals surface area contributed by atoms with E-state index in [9.17, 15) is 9.59 Å². The standard InChI is InChI=1S/C22H16Cl2N4O2S2/c1-11-6-7-13(9-15(11)23)28-10-12(8-17(28)29)21-26-27-22(32-21)25-20(30)19-18(24)14-4-2-3-5-16(14)31-19/h2-7,9,12H,8,10H2,1H3,(H,25,27,30). The van der Waals surface area contributed by atoms with E-state index in [4.69, 9.17) is 23.2 Å². The molecule has 3 heterocycles. The van der Waals surface area contributed by atoms with Crippen LogP contribution in [-0.4, -0.2) is 28.6 Å². The van der Waals surface area contributed by atoms with Crippen molar-refractivity contribution in [2.75, 3.05) is 16.8 Å². The number of hydrogen-bond acceptors (Lipinski definition) is 6. The van der Waals surface area contributed by atoms with Gasteiger partial charge in [0.25, 0.3) is 5.91 Å². The van der Waals surface area contributed by atoms with Gasteiger partial charge >= 0.3 is 0 Å². The van der Waals surface area contributed by atoms with Crippen LogP contribution >= 0.6 is 45.9 Å². The number of aromatic nitrogens is 2. The highest BCUT2D eigenvalue weighted by Crippen LogP contribution is 2.37. The van der Waals surface area contributed by atoms with Crippen LogP contribution in [0.3, 0.4) is 0 Å². The number of hydrogen-bond donors (Lipinski definition) is 1. The Morgan fingerprint density at radius 1 is 1.16 bits per heavy atom. The molecule has 162 valence electrons. The first-order valence-corrected chi connectivity index (χ1v) is 12.2. The Bertz CT molecular complexity index is 1370. The summed E-state index contributed by atoms with van der Waals surface area (Å²) in [7, 11) is 0. The third kappa shape index (κ3) is 3.88. The smallest absolute Gasteiger partial charge is 0.269 e. The van der Waals surface area contributed by atoms with E-state index in [0.29, 0.717) is 38.0 Å². The molecule has 0 bridgehead atoms. The number of amides is 2. The predicted molar refractivity (Wildman–Crippen MR) is 131 cm³/mol. The van der Waals surface area contributed by atoms with Crippen LogP contribution in [0.2, 0.25) is 10.0 Å². The van der Waals surface area contributed by atoms with Crippen LogP contribution in [-0.2, 0) is 4.79 Å². The van der Waals surface area contributed by atoms with Gasteiger partial charge in [-0.05, 0) is 30.7 Å². The number of aryl methyl sites for hydroxylation is 1. The number of benzene rings is 2. The van der Waals surface area contributed by atoms with Crippen molar-refractivity contribution in [2.45, 2.75) is 19.3 Å². The van der Waals surface area contributed by atoms with Crippen molar-refractivity contribution < 1.29 is 9.59 Å². The molecule has 1 unspecified atom stereocenters. The Morgan fingerprint density at radius 2 is 1.97 bits per heavy atom. The summed E-state index contributed by atoms with van der Waals surface area (Å²) >= 11 is 15.2. The van der Waals surface area contributed by atoms with Gasteiger partial charge in [-0.25, -0.2) is 0 Å². The highest BCUT2D eigenvalue weighted by Gasteiger charge is 2.34. The molecule has 2 amide bonds. The molecule has 0 aliphatic carbocycles. The summed E-state index contributed by atoms with van der Waals surface area (Å²) < 4.78 is 0.946. The van der Waals surface area contributed by atoms with Gasteiger partial charge in [0.15, 0.2) is 0 Å². The molecule has 1 aliphatic rings. The number of carbonyl (C=O) groups excluding carboxylic acids is 2. The van der Waals surface area contributed by atoms with E-state index in [1.54, 1.807) is 11.0 Å². The van der Waals surface area contributed by atoms with Crippen LogP contribution in [0, 0.1) is 6.92 Å². The first-order chi connectivity index (χ1) is 15.4. The fourth-order valence-electron chi connectivity index (χ4n) is 3.64. The highest BCUT2D eigenvalue weighted by molar-refractivity contribution is 7.22. The highest BCUT2D eigenvalue weighted by atomic mass is 35.5. The van der Waals surface area contributed by atoms with Crippen LogP contribution in [0.25, 0.3) is 10.1 Å². The summed E-state index contributed by atoms with van der Waals surface area (Å²) in [5.74, 6) is -0.413. The van der Waals surface area contributed by atoms with Crippen LogP contribution in [0.5, 0.6) is 0 Å². The van der Waals surface area contributed by atoms with Gasteiger partial charge < -0.3 is 4.90 Å². The Labute approximate surface area is 201 Å². The molecule has 1 saturated heterocycles. The lowest BCUT2D eigenvalue weighted by molar-refractivity contribution is -0.117. The first kappa shape index (κ1) is 21.3. The van der Waals surface area contributed by atoms with Crippen LogP contribution in [0.15, 0.2) is 42.5 Å². The topological polar surface area (TPSA) is 75.2 Å². The van der Waals surface area contributed by atoms with Gasteiger partial charge in [0.2, 0.25) is 11.0 Å². The summed E-state index contributed by atoms with van der Waals surface area (Å²) in [5.41, 5.74) is 1.73. The molecule has 0 spiro atoms. The Balaban J connectivity index is 1.31. The van der Waals surface area contributed by atoms with E-state index in [2.05, 4.69) is 15.5 Å². The van der Waals surface area contributed by atoms with Crippen LogP contribution in [0.4, 0.5) is 10.8 Å². The van der Waals surface area contributed by atoms with E-state index in [1.807, 2.05) is 43.3 Å². The number of nitrogens with zero attached hydrogens (tertiary/aromatic N) is 3. The molecule has 4 aromatic rings. The maximum absolute atomic E-state index is 12.8. The number of nitrogens with one attached hydrogen (secondary N) is 1. The number of carbonyl (C=O) groups is 2. The van der Waals surface area contributed by atoms with E-state index < -0.39 is 0 Å². The van der Waals surface area contributed by atoms with Gasteiger partial charge in [0.05, 0.1) is 5.02 Å². The quantitative estimate of drug-likeness (QED) is 0.363. The summed E-state index contributed by atoms with van der Waals surface area (Å²) in [6.07, 6.45) is 0.330. The summed E-state index contributed by atoms with van der Waals surface area (Å²) in [6.45, 7) is 2.41. The third-order valence-electron chi connectivity index (χ3n) is 5.34. The molecule has 0 radical (unpaired) electrons. The number of rotatable bonds is 4. The van der Waals surface area contributed by atoms with Crippen molar-refractivity contribution in [3.05, 3.63) is 68.0 Å². The first-order valence-electron chi connectivity index (χ1n) is 9.79. The summed E-state index contributed by atoms with van der Waals surface area (Å²) in [5, 5.41) is 14.1. The zero-order chi connectivity index (χ0) is 22.4. The average Bonchev–Trinajstić information content (AvgIpc) is 3.48. The number of halogens is 2. The van der Waals surface area contributed by atoms with Gasteiger partial charge in [-0.2, -0.15) is 0 Å². The second kappa shape index (κ2) is 8.44. The monoisotopic (exact) mass is 502 g/mol. The van der Waals surface area contributed by atoms with Crippen molar-refractivity contribution in [1.29, 1.82) is 0 Å². The van der Waals surface area contributed by atoms with Crippen molar-refractivity contribution in [1.82, 2.24) is 10.2 Å². The molecular formula is C22H16Cl2N4O2S2. The Hall–Kier alpha value is -2.52. The van der Waals surface area contributed by atoms with E-state index in [-0.39, 0.29) is 17.7 Å². The fourth-order valence-corrected chi connectivity index (χ4v) is 6.05. The molecule has 5 rings (SSSR count). The summed E-state index contributed by atoms with van der Waals surface area (Å²) in [6, 6.07) is 13.2. The third-order valence-corrected chi connectivity index (χ3v) is 8.43. The lowest BCUT2D eigenvalue weighted by Crippen LogP contribution is -2.24. The van der Waals surface area contributed by atoms with Crippen LogP contribution < -0.4 is 10.2 Å². The minimum Gasteiger partial charge on any atom is -0.312 e. The number of fused-ring (bicyclic) bond motifs is 1. The van der Waals surface area contributed by atoms with Crippen molar-refractivity contribution in [3.63, 3.8) is 0 Å². The second-order valence-electron chi connectivity index (χ2n) is 7.48. The molecule has 2 aromatic heterocycles. The molecule has 32 heavy (non-hydrogen) atoms. The molecule has 1 atom stereocenters. The van der Waals surface area contributed by atoms with Crippen molar-refractivity contribution >= 4 is 78.6 Å². The molecule has 6 nitrogen and oxygen atoms in total. The Morgan fingerprint density at radius 3 is 2.75 bits per heavy atom. The minimum atomic E-state index is -0.322. The lowest BCUT2D eigenvalue weighted by atomic mass is 10.1. The molecule has 0 saturated carbocycles. The molecule has 1 N–H and O–H groups in total. The SMILES string of the molecule is Cc1ccc(N2CC(c3nnc(NC(=O)c4sc5ccccc5c4Cl)s3)CC2=O)cc1Cl. The Kier molecular flexibility index (Phi) is 5.63. The lowest BCUT2D eigenvalue weighted by Gasteiger charge is -2.17. The van der Waals surface area contributed by atoms with Crippen molar-refractivity contribution in [2.24, 2.45) is 0 Å². The zero-order valence-corrected chi connectivity index (χ0v) is 19.9. The van der Waals surface area contributed by atoms with Crippen molar-refractivity contribution in [3.8, 4) is 0 Å². The van der Waals surface area contributed by atoms with Crippen LogP contribution in [0.1, 0.15) is 32.6 Å². The largest absolute Gasteiger partial charge is 0.312 e. The normalized spacial score (nSPS) is 16.2. The van der Waals surface area contributed by atoms with Gasteiger partial charge in [-0.15, -0.1) is 21.5 Å². The van der Waals surface area contributed by atoms with Gasteiger partial charge in [-0.1, -0.05) is 58.8 Å². The fraction of sp³-hybridized carbons (Fsp3) is 0.182. The molecule has 1 aliphatic heterocycles. The number of anilines is 2. The molecular weight excluding hydrogens is 487 g/mol. The second-order valence-corrected chi connectivity index (χ2v) is 10.3. The molecule has 10 heteroatoms. The number of thiophene rings is 1. The summed E-state index contributed by atoms with van der Waals surface area (Å²) in [4.78, 5) is 27.5. The average molecular weight is 503 g/mol. The maximum Gasteiger partial charge on any atom is 0.269 e.